The minimum absolute atomic E-state index is 0.124. The molecule has 2 rings (SSSR count). The summed E-state index contributed by atoms with van der Waals surface area (Å²) in [7, 11) is -3.57. The van der Waals surface area contributed by atoms with Gasteiger partial charge in [-0.2, -0.15) is 4.31 Å². The topological polar surface area (TPSA) is 90.0 Å². The van der Waals surface area contributed by atoms with Gasteiger partial charge in [-0.25, -0.2) is 8.42 Å². The summed E-state index contributed by atoms with van der Waals surface area (Å²) in [5, 5.41) is 0. The summed E-state index contributed by atoms with van der Waals surface area (Å²) >= 11 is 0. The molecule has 1 fully saturated rings. The van der Waals surface area contributed by atoms with Gasteiger partial charge < -0.3 is 9.47 Å². The average Bonchev–Trinajstić information content (AvgIpc) is 2.53. The van der Waals surface area contributed by atoms with E-state index < -0.39 is 16.0 Å². The van der Waals surface area contributed by atoms with E-state index in [1.807, 2.05) is 0 Å². The van der Waals surface area contributed by atoms with Crippen molar-refractivity contribution in [2.45, 2.75) is 11.8 Å². The average molecular weight is 327 g/mol. The quantitative estimate of drug-likeness (QED) is 0.576. The highest BCUT2D eigenvalue weighted by atomic mass is 32.2. The summed E-state index contributed by atoms with van der Waals surface area (Å²) in [6.07, 6.45) is 0. The lowest BCUT2D eigenvalue weighted by Gasteiger charge is -2.26. The van der Waals surface area contributed by atoms with Crippen molar-refractivity contribution >= 4 is 21.8 Å². The molecule has 7 nitrogen and oxygen atoms in total. The molecule has 22 heavy (non-hydrogen) atoms. The van der Waals surface area contributed by atoms with E-state index in [2.05, 4.69) is 4.74 Å². The van der Waals surface area contributed by atoms with Crippen molar-refractivity contribution in [1.82, 2.24) is 4.31 Å². The summed E-state index contributed by atoms with van der Waals surface area (Å²) in [5.41, 5.74) is 0.294. The maximum absolute atomic E-state index is 12.4. The van der Waals surface area contributed by atoms with Gasteiger partial charge in [0.2, 0.25) is 10.0 Å². The number of carbonyl (C=O) groups excluding carboxylic acids is 2. The van der Waals surface area contributed by atoms with Crippen LogP contribution >= 0.6 is 0 Å². The van der Waals surface area contributed by atoms with E-state index >= 15 is 0 Å². The third-order valence-corrected chi connectivity index (χ3v) is 5.10. The van der Waals surface area contributed by atoms with Crippen LogP contribution < -0.4 is 0 Å². The molecule has 0 bridgehead atoms. The number of carbonyl (C=O) groups is 2. The Hall–Kier alpha value is -1.77. The lowest BCUT2D eigenvalue weighted by atomic mass is 10.1. The fourth-order valence-electron chi connectivity index (χ4n) is 2.00. The van der Waals surface area contributed by atoms with Gasteiger partial charge in [0.05, 0.1) is 18.1 Å². The number of ether oxygens (including phenoxy) is 2. The molecule has 1 aromatic rings. The Balaban J connectivity index is 2.10. The molecule has 1 heterocycles. The van der Waals surface area contributed by atoms with Gasteiger partial charge in [-0.3, -0.25) is 9.59 Å². The first-order valence-corrected chi connectivity index (χ1v) is 8.20. The highest BCUT2D eigenvalue weighted by Crippen LogP contribution is 2.17. The number of hydrogen-bond donors (Lipinski definition) is 0. The molecule has 1 aliphatic rings. The van der Waals surface area contributed by atoms with E-state index in [9.17, 15) is 18.0 Å². The molecule has 0 N–H and O–H groups in total. The summed E-state index contributed by atoms with van der Waals surface area (Å²) in [4.78, 5) is 22.6. The van der Waals surface area contributed by atoms with Crippen molar-refractivity contribution in [1.29, 1.82) is 0 Å². The van der Waals surface area contributed by atoms with Crippen molar-refractivity contribution in [2.24, 2.45) is 0 Å². The van der Waals surface area contributed by atoms with Crippen LogP contribution in [0.1, 0.15) is 17.3 Å². The van der Waals surface area contributed by atoms with Gasteiger partial charge in [-0.05, 0) is 24.3 Å². The number of rotatable bonds is 5. The zero-order chi connectivity index (χ0) is 16.2. The molecule has 1 aliphatic heterocycles. The molecule has 0 aromatic heterocycles. The van der Waals surface area contributed by atoms with Gasteiger partial charge in [-0.15, -0.1) is 0 Å². The van der Waals surface area contributed by atoms with Crippen LogP contribution in [0.25, 0.3) is 0 Å². The van der Waals surface area contributed by atoms with E-state index in [-0.39, 0.29) is 17.3 Å². The van der Waals surface area contributed by atoms with Crippen molar-refractivity contribution < 1.29 is 27.5 Å². The molecule has 0 aliphatic carbocycles. The number of sulfonamides is 1. The SMILES string of the molecule is CC(=O)OCC(=O)c1ccc(S(=O)(=O)N2CCOCC2)cc1. The normalized spacial score (nSPS) is 16.2. The lowest BCUT2D eigenvalue weighted by molar-refractivity contribution is -0.139. The number of morpholine rings is 1. The molecule has 0 atom stereocenters. The van der Waals surface area contributed by atoms with Crippen molar-refractivity contribution in [3.8, 4) is 0 Å². The number of ketones is 1. The van der Waals surface area contributed by atoms with Crippen LogP contribution in [0.2, 0.25) is 0 Å². The second kappa shape index (κ2) is 6.99. The first-order chi connectivity index (χ1) is 10.4. The fourth-order valence-corrected chi connectivity index (χ4v) is 3.41. The highest BCUT2D eigenvalue weighted by Gasteiger charge is 2.26. The number of nitrogens with zero attached hydrogens (tertiary/aromatic N) is 1. The van der Waals surface area contributed by atoms with E-state index in [1.165, 1.54) is 35.5 Å². The molecular weight excluding hydrogens is 310 g/mol. The summed E-state index contributed by atoms with van der Waals surface area (Å²) in [6, 6.07) is 5.59. The second-order valence-corrected chi connectivity index (χ2v) is 6.68. The number of hydrogen-bond acceptors (Lipinski definition) is 6. The van der Waals surface area contributed by atoms with Crippen molar-refractivity contribution in [3.05, 3.63) is 29.8 Å². The summed E-state index contributed by atoms with van der Waals surface area (Å²) in [5.74, 6) is -0.926. The van der Waals surface area contributed by atoms with Crippen LogP contribution in [0, 0.1) is 0 Å². The third-order valence-electron chi connectivity index (χ3n) is 3.19. The van der Waals surface area contributed by atoms with Gasteiger partial charge >= 0.3 is 5.97 Å². The van der Waals surface area contributed by atoms with Crippen LogP contribution in [0.3, 0.4) is 0 Å². The Morgan fingerprint density at radius 3 is 2.32 bits per heavy atom. The molecule has 1 saturated heterocycles. The lowest BCUT2D eigenvalue weighted by Crippen LogP contribution is -2.40. The molecule has 8 heteroatoms. The summed E-state index contributed by atoms with van der Waals surface area (Å²) < 4.78 is 35.9. The van der Waals surface area contributed by atoms with Gasteiger partial charge in [-0.1, -0.05) is 0 Å². The van der Waals surface area contributed by atoms with Gasteiger partial charge in [0.1, 0.15) is 0 Å². The molecule has 0 saturated carbocycles. The predicted molar refractivity (Wildman–Crippen MR) is 77.0 cm³/mol. The van der Waals surface area contributed by atoms with E-state index in [4.69, 9.17) is 4.74 Å². The molecule has 0 spiro atoms. The first kappa shape index (κ1) is 16.6. The Morgan fingerprint density at radius 1 is 1.18 bits per heavy atom. The standard InChI is InChI=1S/C14H17NO6S/c1-11(16)21-10-14(17)12-2-4-13(5-3-12)22(18,19)15-6-8-20-9-7-15/h2-5H,6-10H2,1H3. The van der Waals surface area contributed by atoms with Crippen LogP contribution in [-0.2, 0) is 24.3 Å². The van der Waals surface area contributed by atoms with Crippen molar-refractivity contribution in [3.63, 3.8) is 0 Å². The van der Waals surface area contributed by atoms with Crippen LogP contribution in [0.15, 0.2) is 29.2 Å². The summed E-state index contributed by atoms with van der Waals surface area (Å²) in [6.45, 7) is 2.23. The fraction of sp³-hybridized carbons (Fsp3) is 0.429. The molecule has 1 aromatic carbocycles. The Labute approximate surface area is 128 Å². The van der Waals surface area contributed by atoms with E-state index in [1.54, 1.807) is 0 Å². The highest BCUT2D eigenvalue weighted by molar-refractivity contribution is 7.89. The number of esters is 1. The smallest absolute Gasteiger partial charge is 0.303 e. The Bertz CT molecular complexity index is 646. The molecule has 0 unspecified atom stereocenters. The third kappa shape index (κ3) is 3.90. The minimum Gasteiger partial charge on any atom is -0.457 e. The molecule has 0 radical (unpaired) electrons. The predicted octanol–water partition coefficient (Wildman–Crippen LogP) is 0.453. The Kier molecular flexibility index (Phi) is 5.28. The largest absolute Gasteiger partial charge is 0.457 e. The number of benzene rings is 1. The molecular formula is C14H17NO6S. The maximum Gasteiger partial charge on any atom is 0.303 e. The first-order valence-electron chi connectivity index (χ1n) is 6.76. The molecule has 0 amide bonds. The minimum atomic E-state index is -3.57. The zero-order valence-electron chi connectivity index (χ0n) is 12.1. The maximum atomic E-state index is 12.4. The second-order valence-electron chi connectivity index (χ2n) is 4.74. The monoisotopic (exact) mass is 327 g/mol. The van der Waals surface area contributed by atoms with Crippen LogP contribution in [-0.4, -0.2) is 57.4 Å². The number of Topliss-reactive ketones (excluding diaryl/α,β-unsaturated/α-hetero) is 1. The van der Waals surface area contributed by atoms with Crippen molar-refractivity contribution in [2.75, 3.05) is 32.9 Å². The van der Waals surface area contributed by atoms with Crippen LogP contribution in [0.4, 0.5) is 0 Å². The van der Waals surface area contributed by atoms with Gasteiger partial charge in [0.25, 0.3) is 0 Å². The Morgan fingerprint density at radius 2 is 1.77 bits per heavy atom. The van der Waals surface area contributed by atoms with E-state index in [0.717, 1.165) is 0 Å². The van der Waals surface area contributed by atoms with E-state index in [0.29, 0.717) is 31.9 Å². The van der Waals surface area contributed by atoms with Gasteiger partial charge in [0, 0.05) is 25.6 Å². The zero-order valence-corrected chi connectivity index (χ0v) is 13.0. The van der Waals surface area contributed by atoms with Crippen LogP contribution in [0.5, 0.6) is 0 Å². The van der Waals surface area contributed by atoms with Gasteiger partial charge in [0.15, 0.2) is 12.4 Å². The molecule has 120 valence electrons.